The van der Waals surface area contributed by atoms with Gasteiger partial charge in [-0.1, -0.05) is 134 Å². The van der Waals surface area contributed by atoms with Gasteiger partial charge in [0.05, 0.1) is 16.7 Å². The highest BCUT2D eigenvalue weighted by atomic mass is 32.1. The number of rotatable bonds is 6. The normalized spacial score (nSPS) is 11.9. The summed E-state index contributed by atoms with van der Waals surface area (Å²) >= 11 is 1.80. The number of fused-ring (bicyclic) bond motifs is 7. The van der Waals surface area contributed by atoms with Crippen LogP contribution in [0.1, 0.15) is 11.1 Å². The van der Waals surface area contributed by atoms with Gasteiger partial charge in [0.15, 0.2) is 17.5 Å². The predicted octanol–water partition coefficient (Wildman–Crippen LogP) is 13.0. The first-order valence-electron chi connectivity index (χ1n) is 17.7. The van der Waals surface area contributed by atoms with Crippen LogP contribution in [0.15, 0.2) is 164 Å². The van der Waals surface area contributed by atoms with Crippen LogP contribution < -0.4 is 0 Å². The van der Waals surface area contributed by atoms with E-state index in [9.17, 15) is 0 Å². The van der Waals surface area contributed by atoms with E-state index in [2.05, 4.69) is 152 Å². The van der Waals surface area contributed by atoms with Crippen molar-refractivity contribution < 1.29 is 0 Å². The van der Waals surface area contributed by atoms with E-state index in [1.165, 1.54) is 42.1 Å². The minimum absolute atomic E-state index is 0.642. The van der Waals surface area contributed by atoms with Crippen LogP contribution in [0.2, 0.25) is 0 Å². The Morgan fingerprint density at radius 2 is 1.21 bits per heavy atom. The summed E-state index contributed by atoms with van der Waals surface area (Å²) in [7, 11) is 0. The van der Waals surface area contributed by atoms with Crippen molar-refractivity contribution in [2.75, 3.05) is 0 Å². The van der Waals surface area contributed by atoms with Crippen molar-refractivity contribution >= 4 is 70.2 Å². The lowest BCUT2D eigenvalue weighted by Gasteiger charge is -2.15. The van der Waals surface area contributed by atoms with Crippen molar-refractivity contribution in [3.8, 4) is 39.9 Å². The Kier molecular flexibility index (Phi) is 7.34. The molecule has 0 unspecified atom stereocenters. The molecule has 0 radical (unpaired) electrons. The van der Waals surface area contributed by atoms with Crippen molar-refractivity contribution in [1.29, 1.82) is 0 Å². The topological polar surface area (TPSA) is 43.6 Å². The van der Waals surface area contributed by atoms with Gasteiger partial charge in [0, 0.05) is 53.0 Å². The number of aromatic nitrogens is 4. The zero-order chi connectivity index (χ0) is 35.5. The molecule has 0 aliphatic heterocycles. The zero-order valence-electron chi connectivity index (χ0n) is 29.0. The van der Waals surface area contributed by atoms with Crippen molar-refractivity contribution in [2.24, 2.45) is 0 Å². The summed E-state index contributed by atoms with van der Waals surface area (Å²) in [6, 6.07) is 51.5. The lowest BCUT2D eigenvalue weighted by molar-refractivity contribution is 1.08. The van der Waals surface area contributed by atoms with Gasteiger partial charge in [0.2, 0.25) is 0 Å². The van der Waals surface area contributed by atoms with Gasteiger partial charge in [0.1, 0.15) is 0 Å². The van der Waals surface area contributed by atoms with E-state index < -0.39 is 0 Å². The van der Waals surface area contributed by atoms with Crippen LogP contribution in [0.25, 0.3) is 98.7 Å². The Morgan fingerprint density at radius 3 is 2.08 bits per heavy atom. The molecular weight excluding hydrogens is 665 g/mol. The standard InChI is InChI=1S/C48H32N4S/c1-3-4-15-32-29-42-39(28-30(32)2)35-18-8-10-24-40(35)52(42)41-25-13-20-33-34(41)21-12-22-36(33)47-49-46(31-16-6-5-7-17-31)50-48(51-47)38-23-14-27-44-45(38)37-19-9-11-26-43(37)53-44/h3-29H,1H2,2H3/b15-4-. The Balaban J connectivity index is 1.23. The molecule has 5 heteroatoms. The number of nitrogens with zero attached hydrogens (tertiary/aromatic N) is 4. The van der Waals surface area contributed by atoms with Gasteiger partial charge in [-0.3, -0.25) is 0 Å². The summed E-state index contributed by atoms with van der Waals surface area (Å²) < 4.78 is 4.86. The van der Waals surface area contributed by atoms with E-state index in [-0.39, 0.29) is 0 Å². The summed E-state index contributed by atoms with van der Waals surface area (Å²) in [4.78, 5) is 15.6. The number of aryl methyl sites for hydroxylation is 1. The number of benzene rings is 7. The van der Waals surface area contributed by atoms with Crippen LogP contribution in [0.5, 0.6) is 0 Å². The van der Waals surface area contributed by atoms with Crippen molar-refractivity contribution in [1.82, 2.24) is 19.5 Å². The number of thiophene rings is 1. The molecule has 10 rings (SSSR count). The molecule has 0 saturated heterocycles. The molecule has 3 heterocycles. The molecule has 0 spiro atoms. The number of para-hydroxylation sites is 1. The van der Waals surface area contributed by atoms with Gasteiger partial charge in [-0.15, -0.1) is 11.3 Å². The Bertz CT molecular complexity index is 3090. The van der Waals surface area contributed by atoms with Crippen molar-refractivity contribution in [3.05, 3.63) is 175 Å². The van der Waals surface area contributed by atoms with E-state index in [1.807, 2.05) is 30.4 Å². The van der Waals surface area contributed by atoms with Crippen LogP contribution in [-0.4, -0.2) is 19.5 Å². The number of hydrogen-bond donors (Lipinski definition) is 0. The lowest BCUT2D eigenvalue weighted by atomic mass is 10.0. The van der Waals surface area contributed by atoms with E-state index in [4.69, 9.17) is 15.0 Å². The van der Waals surface area contributed by atoms with Gasteiger partial charge < -0.3 is 4.57 Å². The van der Waals surface area contributed by atoms with E-state index in [1.54, 1.807) is 11.3 Å². The monoisotopic (exact) mass is 696 g/mol. The van der Waals surface area contributed by atoms with Crippen LogP contribution in [-0.2, 0) is 0 Å². The number of hydrogen-bond acceptors (Lipinski definition) is 4. The zero-order valence-corrected chi connectivity index (χ0v) is 29.8. The number of allylic oxidation sites excluding steroid dienone is 2. The molecule has 0 saturated carbocycles. The van der Waals surface area contributed by atoms with Gasteiger partial charge in [0.25, 0.3) is 0 Å². The molecule has 10 aromatic rings. The Morgan fingerprint density at radius 1 is 0.547 bits per heavy atom. The smallest absolute Gasteiger partial charge is 0.164 e. The van der Waals surface area contributed by atoms with E-state index in [0.717, 1.165) is 44.2 Å². The second-order valence-electron chi connectivity index (χ2n) is 13.3. The molecule has 0 aliphatic carbocycles. The Labute approximate surface area is 310 Å². The quantitative estimate of drug-likeness (QED) is 0.163. The highest BCUT2D eigenvalue weighted by Crippen LogP contribution is 2.41. The highest BCUT2D eigenvalue weighted by molar-refractivity contribution is 7.25. The molecule has 0 atom stereocenters. The first-order chi connectivity index (χ1) is 26.2. The second kappa shape index (κ2) is 12.5. The molecule has 53 heavy (non-hydrogen) atoms. The fourth-order valence-corrected chi connectivity index (χ4v) is 8.86. The molecule has 0 amide bonds. The van der Waals surface area contributed by atoms with Gasteiger partial charge in [-0.25, -0.2) is 15.0 Å². The Hall–Kier alpha value is -6.69. The van der Waals surface area contributed by atoms with Crippen molar-refractivity contribution in [2.45, 2.75) is 6.92 Å². The molecule has 4 nitrogen and oxygen atoms in total. The average molecular weight is 697 g/mol. The third-order valence-electron chi connectivity index (χ3n) is 10.2. The minimum Gasteiger partial charge on any atom is -0.309 e. The van der Waals surface area contributed by atoms with Crippen LogP contribution in [0, 0.1) is 6.92 Å². The molecular formula is C48H32N4S. The third-order valence-corrected chi connectivity index (χ3v) is 11.3. The van der Waals surface area contributed by atoms with Crippen molar-refractivity contribution in [3.63, 3.8) is 0 Å². The fourth-order valence-electron chi connectivity index (χ4n) is 7.73. The molecule has 3 aromatic heterocycles. The van der Waals surface area contributed by atoms with Crippen LogP contribution in [0.3, 0.4) is 0 Å². The maximum atomic E-state index is 5.29. The summed E-state index contributed by atoms with van der Waals surface area (Å²) in [5.74, 6) is 1.95. The summed E-state index contributed by atoms with van der Waals surface area (Å²) in [5.41, 5.74) is 8.72. The molecule has 250 valence electrons. The van der Waals surface area contributed by atoms with Crippen LogP contribution in [0.4, 0.5) is 0 Å². The molecule has 0 fully saturated rings. The molecule has 0 bridgehead atoms. The maximum Gasteiger partial charge on any atom is 0.164 e. The second-order valence-corrected chi connectivity index (χ2v) is 14.4. The van der Waals surface area contributed by atoms with E-state index >= 15 is 0 Å². The fraction of sp³-hybridized carbons (Fsp3) is 0.0208. The molecule has 7 aromatic carbocycles. The summed E-state index contributed by atoms with van der Waals surface area (Å²) in [6.45, 7) is 6.07. The predicted molar refractivity (Wildman–Crippen MR) is 225 cm³/mol. The van der Waals surface area contributed by atoms with Crippen LogP contribution >= 0.6 is 11.3 Å². The molecule has 0 aliphatic rings. The van der Waals surface area contributed by atoms with Gasteiger partial charge in [-0.2, -0.15) is 0 Å². The first-order valence-corrected chi connectivity index (χ1v) is 18.6. The van der Waals surface area contributed by atoms with Gasteiger partial charge in [-0.05, 0) is 59.8 Å². The summed E-state index contributed by atoms with van der Waals surface area (Å²) in [5, 5.41) is 7.03. The largest absolute Gasteiger partial charge is 0.309 e. The third kappa shape index (κ3) is 5.08. The first kappa shape index (κ1) is 31.1. The van der Waals surface area contributed by atoms with E-state index in [0.29, 0.717) is 17.5 Å². The van der Waals surface area contributed by atoms with Gasteiger partial charge >= 0.3 is 0 Å². The SMILES string of the molecule is C=C/C=C\c1cc2c(cc1C)c1ccccc1n2-c1cccc2c(-c3nc(-c4ccccc4)nc(-c4cccc5sc6ccccc6c45)n3)cccc12. The maximum absolute atomic E-state index is 5.29. The summed E-state index contributed by atoms with van der Waals surface area (Å²) in [6.07, 6.45) is 5.95. The highest BCUT2D eigenvalue weighted by Gasteiger charge is 2.20. The lowest BCUT2D eigenvalue weighted by Crippen LogP contribution is -2.01. The minimum atomic E-state index is 0.642. The average Bonchev–Trinajstić information content (AvgIpc) is 3.75. The molecule has 0 N–H and O–H groups in total.